The highest BCUT2D eigenvalue weighted by atomic mass is 79.9. The molecule has 0 amide bonds. The lowest BCUT2D eigenvalue weighted by Gasteiger charge is -2.12. The standard InChI is InChI=1S/C26H25BrN4O2S/c1-18-6-4-5-7-22(18)16-33-24-13-10-21(14-25(24)32-3)15-28-31-19(2)29-30-26(31)34-17-20-8-11-23(27)12-9-20/h4-15H,16-17H2,1-3H3/b28-15+. The van der Waals surface area contributed by atoms with Crippen LogP contribution in [0.15, 0.2) is 81.5 Å². The summed E-state index contributed by atoms with van der Waals surface area (Å²) < 4.78 is 14.4. The van der Waals surface area contributed by atoms with Crippen LogP contribution in [0.3, 0.4) is 0 Å². The smallest absolute Gasteiger partial charge is 0.212 e. The fraction of sp³-hybridized carbons (Fsp3) is 0.192. The van der Waals surface area contributed by atoms with Crippen molar-refractivity contribution in [2.24, 2.45) is 5.10 Å². The van der Waals surface area contributed by atoms with Gasteiger partial charge in [-0.1, -0.05) is 64.1 Å². The molecule has 174 valence electrons. The molecule has 1 aromatic heterocycles. The molecule has 0 saturated carbocycles. The molecule has 0 aliphatic heterocycles. The zero-order chi connectivity index (χ0) is 23.9. The first kappa shape index (κ1) is 24.0. The molecule has 0 unspecified atom stereocenters. The molecule has 0 saturated heterocycles. The number of hydrogen-bond acceptors (Lipinski definition) is 6. The number of methoxy groups -OCH3 is 1. The zero-order valence-electron chi connectivity index (χ0n) is 19.2. The number of benzene rings is 3. The minimum atomic E-state index is 0.481. The number of nitrogens with zero attached hydrogens (tertiary/aromatic N) is 4. The van der Waals surface area contributed by atoms with E-state index in [0.717, 1.165) is 32.3 Å². The molecule has 0 aliphatic rings. The van der Waals surface area contributed by atoms with E-state index < -0.39 is 0 Å². The highest BCUT2D eigenvalue weighted by molar-refractivity contribution is 9.10. The molecule has 1 heterocycles. The van der Waals surface area contributed by atoms with Gasteiger partial charge in [0.05, 0.1) is 13.3 Å². The molecule has 4 aromatic rings. The van der Waals surface area contributed by atoms with Crippen molar-refractivity contribution in [3.05, 3.63) is 99.3 Å². The second-order valence-electron chi connectivity index (χ2n) is 7.63. The molecule has 0 bridgehead atoms. The number of rotatable bonds is 9. The molecule has 34 heavy (non-hydrogen) atoms. The van der Waals surface area contributed by atoms with Crippen LogP contribution < -0.4 is 9.47 Å². The Kier molecular flexibility index (Phi) is 8.03. The molecule has 4 rings (SSSR count). The Balaban J connectivity index is 1.45. The Labute approximate surface area is 212 Å². The van der Waals surface area contributed by atoms with E-state index in [2.05, 4.69) is 62.4 Å². The number of aromatic nitrogens is 3. The van der Waals surface area contributed by atoms with E-state index in [1.54, 1.807) is 29.8 Å². The van der Waals surface area contributed by atoms with Gasteiger partial charge in [0.25, 0.3) is 0 Å². The van der Waals surface area contributed by atoms with Crippen molar-refractivity contribution in [2.45, 2.75) is 31.4 Å². The van der Waals surface area contributed by atoms with Crippen LogP contribution in [0.4, 0.5) is 0 Å². The molecule has 3 aromatic carbocycles. The SMILES string of the molecule is COc1cc(/C=N/n2c(C)nnc2SCc2ccc(Br)cc2)ccc1OCc1ccccc1C. The first-order chi connectivity index (χ1) is 16.5. The van der Waals surface area contributed by atoms with Gasteiger partial charge in [0.1, 0.15) is 6.61 Å². The highest BCUT2D eigenvalue weighted by Gasteiger charge is 2.10. The minimum absolute atomic E-state index is 0.481. The van der Waals surface area contributed by atoms with E-state index in [0.29, 0.717) is 18.1 Å². The van der Waals surface area contributed by atoms with Crippen LogP contribution in [0.1, 0.15) is 28.1 Å². The van der Waals surface area contributed by atoms with Gasteiger partial charge in [0, 0.05) is 10.2 Å². The molecule has 0 N–H and O–H groups in total. The molecule has 0 aliphatic carbocycles. The third-order valence-corrected chi connectivity index (χ3v) is 6.72. The number of aryl methyl sites for hydroxylation is 2. The third kappa shape index (κ3) is 6.07. The Morgan fingerprint density at radius 3 is 2.56 bits per heavy atom. The molecule has 0 atom stereocenters. The van der Waals surface area contributed by atoms with Crippen LogP contribution in [0.5, 0.6) is 11.5 Å². The summed E-state index contributed by atoms with van der Waals surface area (Å²) >= 11 is 5.06. The molecule has 0 fully saturated rings. The molecule has 0 radical (unpaired) electrons. The van der Waals surface area contributed by atoms with Crippen molar-refractivity contribution in [3.8, 4) is 11.5 Å². The normalized spacial score (nSPS) is 11.2. The van der Waals surface area contributed by atoms with Crippen LogP contribution in [-0.2, 0) is 12.4 Å². The van der Waals surface area contributed by atoms with Gasteiger partial charge in [-0.3, -0.25) is 0 Å². The average Bonchev–Trinajstić information content (AvgIpc) is 3.21. The Bertz CT molecular complexity index is 1290. The molecule has 6 nitrogen and oxygen atoms in total. The maximum atomic E-state index is 6.02. The van der Waals surface area contributed by atoms with E-state index in [9.17, 15) is 0 Å². The average molecular weight is 537 g/mol. The number of ether oxygens (including phenoxy) is 2. The summed E-state index contributed by atoms with van der Waals surface area (Å²) in [5, 5.41) is 13.8. The molecule has 0 spiro atoms. The first-order valence-electron chi connectivity index (χ1n) is 10.7. The first-order valence-corrected chi connectivity index (χ1v) is 12.5. The summed E-state index contributed by atoms with van der Waals surface area (Å²) in [4.78, 5) is 0. The quantitative estimate of drug-likeness (QED) is 0.182. The maximum Gasteiger partial charge on any atom is 0.212 e. The van der Waals surface area contributed by atoms with E-state index in [4.69, 9.17) is 9.47 Å². The lowest BCUT2D eigenvalue weighted by atomic mass is 10.1. The van der Waals surface area contributed by atoms with Gasteiger partial charge in [-0.2, -0.15) is 9.78 Å². The van der Waals surface area contributed by atoms with Crippen molar-refractivity contribution >= 4 is 33.9 Å². The highest BCUT2D eigenvalue weighted by Crippen LogP contribution is 2.29. The van der Waals surface area contributed by atoms with Gasteiger partial charge >= 0.3 is 0 Å². The summed E-state index contributed by atoms with van der Waals surface area (Å²) in [6.07, 6.45) is 1.77. The molecular weight excluding hydrogens is 512 g/mol. The summed E-state index contributed by atoms with van der Waals surface area (Å²) in [5.41, 5.74) is 4.43. The van der Waals surface area contributed by atoms with Crippen molar-refractivity contribution in [2.75, 3.05) is 7.11 Å². The van der Waals surface area contributed by atoms with Crippen LogP contribution >= 0.6 is 27.7 Å². The van der Waals surface area contributed by atoms with Crippen molar-refractivity contribution < 1.29 is 9.47 Å². The van der Waals surface area contributed by atoms with Gasteiger partial charge in [0.15, 0.2) is 17.3 Å². The van der Waals surface area contributed by atoms with Gasteiger partial charge < -0.3 is 9.47 Å². The number of hydrogen-bond donors (Lipinski definition) is 0. The predicted molar refractivity (Wildman–Crippen MR) is 140 cm³/mol. The Hall–Kier alpha value is -3.10. The predicted octanol–water partition coefficient (Wildman–Crippen LogP) is 6.42. The monoisotopic (exact) mass is 536 g/mol. The Morgan fingerprint density at radius 2 is 1.79 bits per heavy atom. The Morgan fingerprint density at radius 1 is 1.00 bits per heavy atom. The summed E-state index contributed by atoms with van der Waals surface area (Å²) in [6.45, 7) is 4.44. The zero-order valence-corrected chi connectivity index (χ0v) is 21.6. The van der Waals surface area contributed by atoms with Gasteiger partial charge in [-0.25, -0.2) is 0 Å². The second-order valence-corrected chi connectivity index (χ2v) is 9.48. The summed E-state index contributed by atoms with van der Waals surface area (Å²) in [6, 6.07) is 22.2. The number of halogens is 1. The summed E-state index contributed by atoms with van der Waals surface area (Å²) in [5.74, 6) is 2.85. The van der Waals surface area contributed by atoms with E-state index >= 15 is 0 Å². The van der Waals surface area contributed by atoms with Crippen LogP contribution in [0.25, 0.3) is 0 Å². The van der Waals surface area contributed by atoms with E-state index in [-0.39, 0.29) is 0 Å². The van der Waals surface area contributed by atoms with E-state index in [1.807, 2.05) is 49.4 Å². The van der Waals surface area contributed by atoms with Crippen molar-refractivity contribution in [1.29, 1.82) is 0 Å². The topological polar surface area (TPSA) is 61.5 Å². The second kappa shape index (κ2) is 11.4. The molecular formula is C26H25BrN4O2S. The third-order valence-electron chi connectivity index (χ3n) is 5.20. The van der Waals surface area contributed by atoms with Gasteiger partial charge in [0.2, 0.25) is 5.16 Å². The van der Waals surface area contributed by atoms with Gasteiger partial charge in [-0.05, 0) is 66.4 Å². The molecule has 8 heteroatoms. The fourth-order valence-corrected chi connectivity index (χ4v) is 4.38. The van der Waals surface area contributed by atoms with E-state index in [1.165, 1.54) is 11.1 Å². The largest absolute Gasteiger partial charge is 0.493 e. The minimum Gasteiger partial charge on any atom is -0.493 e. The van der Waals surface area contributed by atoms with Crippen LogP contribution in [0.2, 0.25) is 0 Å². The maximum absolute atomic E-state index is 6.02. The van der Waals surface area contributed by atoms with Crippen LogP contribution in [-0.4, -0.2) is 28.2 Å². The fourth-order valence-electron chi connectivity index (χ4n) is 3.23. The summed E-state index contributed by atoms with van der Waals surface area (Å²) in [7, 11) is 1.64. The van der Waals surface area contributed by atoms with Crippen LogP contribution in [0, 0.1) is 13.8 Å². The lowest BCUT2D eigenvalue weighted by molar-refractivity contribution is 0.284. The lowest BCUT2D eigenvalue weighted by Crippen LogP contribution is -2.00. The van der Waals surface area contributed by atoms with Crippen molar-refractivity contribution in [1.82, 2.24) is 14.9 Å². The number of thioether (sulfide) groups is 1. The van der Waals surface area contributed by atoms with Gasteiger partial charge in [-0.15, -0.1) is 10.2 Å². The van der Waals surface area contributed by atoms with Crippen molar-refractivity contribution in [3.63, 3.8) is 0 Å².